The summed E-state index contributed by atoms with van der Waals surface area (Å²) in [6, 6.07) is 1.85. The number of nitrogens with one attached hydrogen (secondary N) is 2. The van der Waals surface area contributed by atoms with Crippen molar-refractivity contribution in [2.45, 2.75) is 32.7 Å². The summed E-state index contributed by atoms with van der Waals surface area (Å²) in [6.45, 7) is 6.41. The highest BCUT2D eigenvalue weighted by molar-refractivity contribution is 5.90. The summed E-state index contributed by atoms with van der Waals surface area (Å²) >= 11 is 0. The number of carbonyl (C=O) groups is 1. The lowest BCUT2D eigenvalue weighted by Gasteiger charge is -2.12. The maximum atomic E-state index is 11.9. The molecule has 1 amide bonds. The van der Waals surface area contributed by atoms with E-state index in [2.05, 4.69) is 25.6 Å². The van der Waals surface area contributed by atoms with E-state index in [1.54, 1.807) is 10.9 Å². The predicted octanol–water partition coefficient (Wildman–Crippen LogP) is 0.766. The molecule has 2 heterocycles. The molecule has 0 saturated heterocycles. The third-order valence-corrected chi connectivity index (χ3v) is 2.75. The Morgan fingerprint density at radius 2 is 2.21 bits per heavy atom. The molecule has 2 aromatic rings. The van der Waals surface area contributed by atoms with Gasteiger partial charge in [0.2, 0.25) is 5.82 Å². The van der Waals surface area contributed by atoms with Crippen LogP contribution in [0.25, 0.3) is 0 Å². The van der Waals surface area contributed by atoms with E-state index in [1.807, 2.05) is 33.9 Å². The Kier molecular flexibility index (Phi) is 3.37. The molecule has 102 valence electrons. The first kappa shape index (κ1) is 13.3. The van der Waals surface area contributed by atoms with Gasteiger partial charge in [-0.05, 0) is 6.07 Å². The number of aromatic nitrogens is 5. The van der Waals surface area contributed by atoms with Crippen LogP contribution in [0.4, 0.5) is 0 Å². The zero-order valence-electron chi connectivity index (χ0n) is 11.6. The Morgan fingerprint density at radius 3 is 2.74 bits per heavy atom. The minimum Gasteiger partial charge on any atom is -0.344 e. The van der Waals surface area contributed by atoms with Crippen LogP contribution in [0.3, 0.4) is 0 Å². The second-order valence-corrected chi connectivity index (χ2v) is 5.39. The van der Waals surface area contributed by atoms with E-state index in [1.165, 1.54) is 0 Å². The van der Waals surface area contributed by atoms with Gasteiger partial charge in [-0.25, -0.2) is 4.98 Å². The Morgan fingerprint density at radius 1 is 1.47 bits per heavy atom. The molecular weight excluding hydrogens is 244 g/mol. The Labute approximate surface area is 111 Å². The summed E-state index contributed by atoms with van der Waals surface area (Å²) in [6.07, 6.45) is 1.69. The molecule has 7 heteroatoms. The largest absolute Gasteiger partial charge is 0.344 e. The van der Waals surface area contributed by atoms with Gasteiger partial charge < -0.3 is 5.32 Å². The number of hydrogen-bond donors (Lipinski definition) is 2. The monoisotopic (exact) mass is 262 g/mol. The molecule has 0 aromatic carbocycles. The molecule has 0 unspecified atom stereocenters. The highest BCUT2D eigenvalue weighted by Gasteiger charge is 2.21. The lowest BCUT2D eigenvalue weighted by atomic mass is 9.96. The van der Waals surface area contributed by atoms with Crippen molar-refractivity contribution < 1.29 is 4.79 Å². The van der Waals surface area contributed by atoms with Gasteiger partial charge in [0.25, 0.3) is 5.91 Å². The number of nitrogens with zero attached hydrogens (tertiary/aromatic N) is 4. The van der Waals surface area contributed by atoms with Gasteiger partial charge in [0.15, 0.2) is 0 Å². The first-order chi connectivity index (χ1) is 8.88. The number of rotatable bonds is 3. The van der Waals surface area contributed by atoms with Crippen LogP contribution in [0.2, 0.25) is 0 Å². The van der Waals surface area contributed by atoms with E-state index >= 15 is 0 Å². The lowest BCUT2D eigenvalue weighted by molar-refractivity contribution is 0.0940. The van der Waals surface area contributed by atoms with Crippen molar-refractivity contribution in [1.82, 2.24) is 30.3 Å². The minimum atomic E-state index is -0.298. The van der Waals surface area contributed by atoms with E-state index < -0.39 is 0 Å². The lowest BCUT2D eigenvalue weighted by Crippen LogP contribution is -2.25. The molecule has 0 bridgehead atoms. The summed E-state index contributed by atoms with van der Waals surface area (Å²) in [5, 5.41) is 13.5. The number of hydrogen-bond acceptors (Lipinski definition) is 4. The van der Waals surface area contributed by atoms with Gasteiger partial charge in [0, 0.05) is 18.7 Å². The van der Waals surface area contributed by atoms with Crippen LogP contribution in [0.1, 0.15) is 42.9 Å². The van der Waals surface area contributed by atoms with Crippen LogP contribution in [0.15, 0.2) is 12.3 Å². The number of H-pyrrole nitrogens is 1. The van der Waals surface area contributed by atoms with Crippen molar-refractivity contribution in [3.8, 4) is 0 Å². The molecule has 0 radical (unpaired) electrons. The molecule has 2 rings (SSSR count). The van der Waals surface area contributed by atoms with E-state index in [-0.39, 0.29) is 17.1 Å². The van der Waals surface area contributed by atoms with Crippen LogP contribution in [0.5, 0.6) is 0 Å². The van der Waals surface area contributed by atoms with E-state index in [0.717, 1.165) is 5.69 Å². The second-order valence-electron chi connectivity index (χ2n) is 5.39. The summed E-state index contributed by atoms with van der Waals surface area (Å²) in [5.74, 6) is 0.554. The van der Waals surface area contributed by atoms with E-state index in [9.17, 15) is 4.79 Å². The molecule has 0 saturated carbocycles. The van der Waals surface area contributed by atoms with Gasteiger partial charge in [0.05, 0.1) is 12.2 Å². The summed E-state index contributed by atoms with van der Waals surface area (Å²) in [4.78, 5) is 16.1. The zero-order valence-corrected chi connectivity index (χ0v) is 11.6. The van der Waals surface area contributed by atoms with Crippen molar-refractivity contribution in [2.24, 2.45) is 7.05 Å². The Bertz CT molecular complexity index is 577. The van der Waals surface area contributed by atoms with Gasteiger partial charge >= 0.3 is 0 Å². The van der Waals surface area contributed by atoms with Crippen molar-refractivity contribution in [3.05, 3.63) is 29.6 Å². The topological polar surface area (TPSA) is 88.5 Å². The average Bonchev–Trinajstić information content (AvgIpc) is 2.93. The maximum Gasteiger partial charge on any atom is 0.291 e. The molecule has 2 N–H and O–H groups in total. The fraction of sp³-hybridized carbons (Fsp3) is 0.500. The highest BCUT2D eigenvalue weighted by Crippen LogP contribution is 2.17. The maximum absolute atomic E-state index is 11.9. The van der Waals surface area contributed by atoms with Crippen molar-refractivity contribution in [2.75, 3.05) is 0 Å². The molecule has 2 aromatic heterocycles. The molecule has 0 spiro atoms. The van der Waals surface area contributed by atoms with Crippen LogP contribution in [-0.4, -0.2) is 30.9 Å². The third kappa shape index (κ3) is 2.98. The van der Waals surface area contributed by atoms with Crippen molar-refractivity contribution in [3.63, 3.8) is 0 Å². The molecule has 19 heavy (non-hydrogen) atoms. The van der Waals surface area contributed by atoms with Crippen molar-refractivity contribution >= 4 is 5.91 Å². The van der Waals surface area contributed by atoms with Crippen LogP contribution < -0.4 is 5.32 Å². The van der Waals surface area contributed by atoms with Gasteiger partial charge in [-0.3, -0.25) is 14.6 Å². The molecule has 0 aliphatic rings. The summed E-state index contributed by atoms with van der Waals surface area (Å²) in [7, 11) is 1.83. The normalized spacial score (nSPS) is 11.6. The van der Waals surface area contributed by atoms with Crippen LogP contribution in [0, 0.1) is 0 Å². The smallest absolute Gasteiger partial charge is 0.291 e. The second kappa shape index (κ2) is 4.83. The SMILES string of the molecule is Cn1nccc1CNC(=O)c1n[nH]c(C(C)(C)C)n1. The standard InChI is InChI=1S/C12H18N6O/c1-12(2,3)11-15-9(16-17-11)10(19)13-7-8-5-6-14-18(8)4/h5-6H,7H2,1-4H3,(H,13,19)(H,15,16,17). The van der Waals surface area contributed by atoms with Crippen LogP contribution in [-0.2, 0) is 19.0 Å². The van der Waals surface area contributed by atoms with Crippen LogP contribution >= 0.6 is 0 Å². The molecule has 0 atom stereocenters. The van der Waals surface area contributed by atoms with Gasteiger partial charge in [-0.15, -0.1) is 5.10 Å². The van der Waals surface area contributed by atoms with E-state index in [0.29, 0.717) is 12.4 Å². The summed E-state index contributed by atoms with van der Waals surface area (Å²) in [5.41, 5.74) is 0.757. The fourth-order valence-electron chi connectivity index (χ4n) is 1.52. The van der Waals surface area contributed by atoms with E-state index in [4.69, 9.17) is 0 Å². The number of aryl methyl sites for hydroxylation is 1. The third-order valence-electron chi connectivity index (χ3n) is 2.75. The van der Waals surface area contributed by atoms with Gasteiger partial charge in [-0.2, -0.15) is 5.10 Å². The molecule has 0 fully saturated rings. The quantitative estimate of drug-likeness (QED) is 0.855. The zero-order chi connectivity index (χ0) is 14.0. The van der Waals surface area contributed by atoms with Gasteiger partial charge in [0.1, 0.15) is 5.82 Å². The first-order valence-corrected chi connectivity index (χ1v) is 6.06. The number of amides is 1. The fourth-order valence-corrected chi connectivity index (χ4v) is 1.52. The molecule has 0 aliphatic heterocycles. The highest BCUT2D eigenvalue weighted by atomic mass is 16.2. The average molecular weight is 262 g/mol. The Balaban J connectivity index is 2.01. The minimum absolute atomic E-state index is 0.159. The molecular formula is C12H18N6O. The number of aromatic amines is 1. The summed E-state index contributed by atoms with van der Waals surface area (Å²) < 4.78 is 1.71. The molecule has 0 aliphatic carbocycles. The molecule has 7 nitrogen and oxygen atoms in total. The predicted molar refractivity (Wildman–Crippen MR) is 69.5 cm³/mol. The first-order valence-electron chi connectivity index (χ1n) is 6.06. The Hall–Kier alpha value is -2.18. The van der Waals surface area contributed by atoms with Crippen molar-refractivity contribution in [1.29, 1.82) is 0 Å². The number of carbonyl (C=O) groups excluding carboxylic acids is 1. The van der Waals surface area contributed by atoms with Gasteiger partial charge in [-0.1, -0.05) is 20.8 Å².